The molecular formula is C22H31NO3. The minimum Gasteiger partial charge on any atom is -0.381 e. The van der Waals surface area contributed by atoms with Gasteiger partial charge in [0.2, 0.25) is 5.91 Å². The number of carbonyl (C=O) groups excluding carboxylic acids is 1. The maximum absolute atomic E-state index is 11.8. The molecule has 26 heavy (non-hydrogen) atoms. The third-order valence-corrected chi connectivity index (χ3v) is 6.91. The molecule has 4 heteroatoms. The Morgan fingerprint density at radius 3 is 2.58 bits per heavy atom. The van der Waals surface area contributed by atoms with E-state index in [0.717, 1.165) is 56.5 Å². The minimum atomic E-state index is -0.303. The number of rotatable bonds is 7. The van der Waals surface area contributed by atoms with Crippen molar-refractivity contribution < 1.29 is 14.3 Å². The van der Waals surface area contributed by atoms with Crippen molar-refractivity contribution in [2.24, 2.45) is 29.4 Å². The van der Waals surface area contributed by atoms with Crippen LogP contribution in [0.3, 0.4) is 0 Å². The summed E-state index contributed by atoms with van der Waals surface area (Å²) in [5.74, 6) is 3.06. The van der Waals surface area contributed by atoms with Crippen LogP contribution in [0.25, 0.3) is 0 Å². The Balaban J connectivity index is 1.33. The SMILES string of the molecule is CC[C@@H](c1ccccc1C(N)=O)C1[C@@H]2CC(OCC3CCOCC3)C[C@@H]12. The first kappa shape index (κ1) is 18.0. The summed E-state index contributed by atoms with van der Waals surface area (Å²) in [4.78, 5) is 11.8. The van der Waals surface area contributed by atoms with Crippen LogP contribution in [0.5, 0.6) is 0 Å². The molecule has 2 aliphatic carbocycles. The Morgan fingerprint density at radius 1 is 1.23 bits per heavy atom. The lowest BCUT2D eigenvalue weighted by atomic mass is 9.84. The van der Waals surface area contributed by atoms with E-state index in [9.17, 15) is 4.79 Å². The number of ether oxygens (including phenoxy) is 2. The summed E-state index contributed by atoms with van der Waals surface area (Å²) in [5.41, 5.74) is 7.47. The van der Waals surface area contributed by atoms with Crippen LogP contribution in [0.4, 0.5) is 0 Å². The van der Waals surface area contributed by atoms with E-state index in [1.54, 1.807) is 0 Å². The summed E-state index contributed by atoms with van der Waals surface area (Å²) in [6.07, 6.45) is 6.17. The smallest absolute Gasteiger partial charge is 0.248 e. The molecular weight excluding hydrogens is 326 g/mol. The van der Waals surface area contributed by atoms with Crippen molar-refractivity contribution in [1.82, 2.24) is 0 Å². The Kier molecular flexibility index (Phi) is 5.32. The molecule has 2 N–H and O–H groups in total. The second kappa shape index (κ2) is 7.69. The van der Waals surface area contributed by atoms with Gasteiger partial charge in [-0.25, -0.2) is 0 Å². The van der Waals surface area contributed by atoms with Crippen LogP contribution >= 0.6 is 0 Å². The summed E-state index contributed by atoms with van der Waals surface area (Å²) in [7, 11) is 0. The molecule has 1 aliphatic heterocycles. The van der Waals surface area contributed by atoms with Crippen LogP contribution in [-0.4, -0.2) is 31.8 Å². The summed E-state index contributed by atoms with van der Waals surface area (Å²) in [6, 6.07) is 7.91. The molecule has 0 aromatic heterocycles. The molecule has 142 valence electrons. The van der Waals surface area contributed by atoms with E-state index in [1.807, 2.05) is 18.2 Å². The zero-order valence-electron chi connectivity index (χ0n) is 15.7. The highest BCUT2D eigenvalue weighted by molar-refractivity contribution is 5.94. The molecule has 3 fully saturated rings. The monoisotopic (exact) mass is 357 g/mol. The van der Waals surface area contributed by atoms with Gasteiger partial charge in [-0.15, -0.1) is 0 Å². The van der Waals surface area contributed by atoms with E-state index in [4.69, 9.17) is 15.2 Å². The van der Waals surface area contributed by atoms with Crippen molar-refractivity contribution in [2.75, 3.05) is 19.8 Å². The fourth-order valence-corrected chi connectivity index (χ4v) is 5.50. The number of hydrogen-bond donors (Lipinski definition) is 1. The van der Waals surface area contributed by atoms with Crippen molar-refractivity contribution in [1.29, 1.82) is 0 Å². The van der Waals surface area contributed by atoms with E-state index < -0.39 is 0 Å². The van der Waals surface area contributed by atoms with Gasteiger partial charge in [0.15, 0.2) is 0 Å². The van der Waals surface area contributed by atoms with E-state index >= 15 is 0 Å². The van der Waals surface area contributed by atoms with Crippen molar-refractivity contribution in [3.63, 3.8) is 0 Å². The Morgan fingerprint density at radius 2 is 1.92 bits per heavy atom. The van der Waals surface area contributed by atoms with Gasteiger partial charge >= 0.3 is 0 Å². The maximum Gasteiger partial charge on any atom is 0.248 e. The molecule has 1 aromatic rings. The minimum absolute atomic E-state index is 0.303. The van der Waals surface area contributed by atoms with Crippen LogP contribution in [0, 0.1) is 23.7 Å². The molecule has 2 saturated carbocycles. The van der Waals surface area contributed by atoms with Crippen LogP contribution < -0.4 is 5.73 Å². The normalized spacial score (nSPS) is 30.1. The Labute approximate surface area is 156 Å². The van der Waals surface area contributed by atoms with E-state index in [-0.39, 0.29) is 5.91 Å². The number of amides is 1. The molecule has 3 atom stereocenters. The van der Waals surface area contributed by atoms with Crippen molar-refractivity contribution in [2.45, 2.75) is 51.0 Å². The highest BCUT2D eigenvalue weighted by atomic mass is 16.5. The standard InChI is InChI=1S/C22H31NO3/c1-2-16(17-5-3-4-6-18(17)22(23)24)21-19-11-15(12-20(19)21)26-13-14-7-9-25-10-8-14/h3-6,14-16,19-21H,2,7-13H2,1H3,(H2,23,24)/t15?,16-,19+,20+,21?/m0/s1. The van der Waals surface area contributed by atoms with Gasteiger partial charge in [0.05, 0.1) is 6.10 Å². The van der Waals surface area contributed by atoms with Gasteiger partial charge in [-0.3, -0.25) is 4.79 Å². The number of fused-ring (bicyclic) bond motifs is 1. The first-order valence-corrected chi connectivity index (χ1v) is 10.3. The molecule has 4 nitrogen and oxygen atoms in total. The van der Waals surface area contributed by atoms with Gasteiger partial charge in [0, 0.05) is 25.4 Å². The van der Waals surface area contributed by atoms with Gasteiger partial charge < -0.3 is 15.2 Å². The molecule has 0 unspecified atom stereocenters. The van der Waals surface area contributed by atoms with Crippen LogP contribution in [0.1, 0.15) is 60.9 Å². The third-order valence-electron chi connectivity index (χ3n) is 6.91. The van der Waals surface area contributed by atoms with Gasteiger partial charge in [-0.2, -0.15) is 0 Å². The fourth-order valence-electron chi connectivity index (χ4n) is 5.50. The quantitative estimate of drug-likeness (QED) is 0.808. The first-order chi connectivity index (χ1) is 12.7. The number of primary amides is 1. The second-order valence-electron chi connectivity index (χ2n) is 8.35. The third kappa shape index (κ3) is 3.54. The largest absolute Gasteiger partial charge is 0.381 e. The predicted molar refractivity (Wildman–Crippen MR) is 101 cm³/mol. The number of carbonyl (C=O) groups is 1. The molecule has 3 aliphatic rings. The van der Waals surface area contributed by atoms with Gasteiger partial charge in [0.1, 0.15) is 0 Å². The predicted octanol–water partition coefficient (Wildman–Crippen LogP) is 3.75. The summed E-state index contributed by atoms with van der Waals surface area (Å²) >= 11 is 0. The molecule has 1 saturated heterocycles. The Hall–Kier alpha value is -1.39. The van der Waals surface area contributed by atoms with Crippen LogP contribution in [0.15, 0.2) is 24.3 Å². The molecule has 0 radical (unpaired) electrons. The van der Waals surface area contributed by atoms with Crippen molar-refractivity contribution in [3.05, 3.63) is 35.4 Å². The zero-order chi connectivity index (χ0) is 18.1. The van der Waals surface area contributed by atoms with Crippen molar-refractivity contribution in [3.8, 4) is 0 Å². The molecule has 0 spiro atoms. The maximum atomic E-state index is 11.8. The Bertz CT molecular complexity index is 628. The van der Waals surface area contributed by atoms with Crippen molar-refractivity contribution >= 4 is 5.91 Å². The molecule has 0 bridgehead atoms. The van der Waals surface area contributed by atoms with E-state index in [0.29, 0.717) is 29.4 Å². The highest BCUT2D eigenvalue weighted by Gasteiger charge is 2.59. The van der Waals surface area contributed by atoms with Gasteiger partial charge in [-0.05, 0) is 73.3 Å². The first-order valence-electron chi connectivity index (χ1n) is 10.3. The van der Waals surface area contributed by atoms with Crippen LogP contribution in [-0.2, 0) is 9.47 Å². The zero-order valence-corrected chi connectivity index (χ0v) is 15.7. The van der Waals surface area contributed by atoms with Gasteiger partial charge in [-0.1, -0.05) is 25.1 Å². The van der Waals surface area contributed by atoms with Gasteiger partial charge in [0.25, 0.3) is 0 Å². The van der Waals surface area contributed by atoms with Crippen LogP contribution in [0.2, 0.25) is 0 Å². The summed E-state index contributed by atoms with van der Waals surface area (Å²) in [5, 5.41) is 0. The lowest BCUT2D eigenvalue weighted by molar-refractivity contribution is -0.0140. The molecule has 1 aromatic carbocycles. The number of hydrogen-bond acceptors (Lipinski definition) is 3. The average Bonchev–Trinajstić information content (AvgIpc) is 3.14. The molecule has 4 rings (SSSR count). The fraction of sp³-hybridized carbons (Fsp3) is 0.682. The topological polar surface area (TPSA) is 61.6 Å². The lowest BCUT2D eigenvalue weighted by Gasteiger charge is -2.25. The average molecular weight is 357 g/mol. The molecule has 1 heterocycles. The second-order valence-corrected chi connectivity index (χ2v) is 8.35. The molecule has 1 amide bonds. The summed E-state index contributed by atoms with van der Waals surface area (Å²) in [6.45, 7) is 4.92. The highest BCUT2D eigenvalue weighted by Crippen LogP contribution is 2.64. The van der Waals surface area contributed by atoms with E-state index in [1.165, 1.54) is 12.8 Å². The van der Waals surface area contributed by atoms with E-state index in [2.05, 4.69) is 13.0 Å². The number of nitrogens with two attached hydrogens (primary N) is 1. The lowest BCUT2D eigenvalue weighted by Crippen LogP contribution is -2.24. The number of benzene rings is 1. The summed E-state index contributed by atoms with van der Waals surface area (Å²) < 4.78 is 11.7.